The summed E-state index contributed by atoms with van der Waals surface area (Å²) in [7, 11) is 0. The number of hydrogen-bond acceptors (Lipinski definition) is 1. The van der Waals surface area contributed by atoms with Crippen LogP contribution in [0.3, 0.4) is 0 Å². The molecule has 0 aliphatic heterocycles. The van der Waals surface area contributed by atoms with Gasteiger partial charge in [0, 0.05) is 0 Å². The first-order valence-electron chi connectivity index (χ1n) is 12.3. The van der Waals surface area contributed by atoms with Crippen molar-refractivity contribution in [3.63, 3.8) is 0 Å². The van der Waals surface area contributed by atoms with Gasteiger partial charge in [-0.3, -0.25) is 0 Å². The fourth-order valence-electron chi connectivity index (χ4n) is 7.09. The maximum Gasteiger partial charge on any atom is 0.119 e. The van der Waals surface area contributed by atoms with Crippen LogP contribution < -0.4 is 0 Å². The maximum absolute atomic E-state index is 10.9. The van der Waals surface area contributed by atoms with Gasteiger partial charge in [0.05, 0.1) is 0 Å². The zero-order valence-electron chi connectivity index (χ0n) is 23.5. The Morgan fingerprint density at radius 3 is 1.32 bits per heavy atom. The molecule has 1 aromatic rings. The second-order valence-corrected chi connectivity index (χ2v) is 15.7. The molecule has 1 rings (SSSR count). The van der Waals surface area contributed by atoms with E-state index in [2.05, 4.69) is 109 Å². The van der Waals surface area contributed by atoms with E-state index in [0.717, 1.165) is 24.8 Å². The lowest BCUT2D eigenvalue weighted by molar-refractivity contribution is 0.163. The minimum atomic E-state index is -0.0914. The summed E-state index contributed by atoms with van der Waals surface area (Å²) in [4.78, 5) is 0. The van der Waals surface area contributed by atoms with Crippen molar-refractivity contribution in [2.24, 2.45) is 21.7 Å². The highest BCUT2D eigenvalue weighted by Gasteiger charge is 2.37. The Hall–Kier alpha value is -0.980. The molecule has 0 bridgehead atoms. The van der Waals surface area contributed by atoms with Gasteiger partial charge >= 0.3 is 0 Å². The van der Waals surface area contributed by atoms with Crippen LogP contribution in [0.5, 0.6) is 5.75 Å². The molecule has 1 N–H and O–H groups in total. The van der Waals surface area contributed by atoms with Crippen molar-refractivity contribution in [1.29, 1.82) is 0 Å². The quantitative estimate of drug-likeness (QED) is 0.435. The van der Waals surface area contributed by atoms with Gasteiger partial charge in [-0.1, -0.05) is 109 Å². The molecule has 0 aliphatic rings. The Morgan fingerprint density at radius 2 is 0.935 bits per heavy atom. The Bertz CT molecular complexity index is 733. The minimum absolute atomic E-state index is 0.0498. The molecule has 1 heteroatoms. The second kappa shape index (κ2) is 8.75. The summed E-state index contributed by atoms with van der Waals surface area (Å²) in [6, 6.07) is 6.37. The number of rotatable bonds is 8. The fraction of sp³-hybridized carbons (Fsp3) is 0.800. The molecule has 0 saturated carbocycles. The van der Waals surface area contributed by atoms with Crippen molar-refractivity contribution in [2.45, 2.75) is 133 Å². The van der Waals surface area contributed by atoms with Gasteiger partial charge < -0.3 is 5.11 Å². The van der Waals surface area contributed by atoms with Crippen LogP contribution >= 0.6 is 0 Å². The van der Waals surface area contributed by atoms with Crippen LogP contribution in [0.4, 0.5) is 0 Å². The molecule has 0 unspecified atom stereocenters. The molecule has 31 heavy (non-hydrogen) atoms. The van der Waals surface area contributed by atoms with Gasteiger partial charge in [-0.25, -0.2) is 0 Å². The van der Waals surface area contributed by atoms with Gasteiger partial charge in [0.25, 0.3) is 0 Å². The Morgan fingerprint density at radius 1 is 0.548 bits per heavy atom. The summed E-state index contributed by atoms with van der Waals surface area (Å²) in [5.41, 5.74) is 3.46. The predicted molar refractivity (Wildman–Crippen MR) is 139 cm³/mol. The van der Waals surface area contributed by atoms with Gasteiger partial charge in [-0.15, -0.1) is 0 Å². The van der Waals surface area contributed by atoms with Crippen molar-refractivity contribution in [3.8, 4) is 5.75 Å². The normalized spacial score (nSPS) is 14.8. The molecular formula is C30H54O. The zero-order chi connectivity index (χ0) is 24.7. The average Bonchev–Trinajstić information content (AvgIpc) is 2.38. The summed E-state index contributed by atoms with van der Waals surface area (Å²) in [5, 5.41) is 10.9. The van der Waals surface area contributed by atoms with E-state index in [1.54, 1.807) is 0 Å². The lowest BCUT2D eigenvalue weighted by Gasteiger charge is -2.41. The van der Waals surface area contributed by atoms with E-state index in [1.165, 1.54) is 12.0 Å². The van der Waals surface area contributed by atoms with E-state index in [-0.39, 0.29) is 21.7 Å². The van der Waals surface area contributed by atoms with Crippen LogP contribution in [0.15, 0.2) is 18.2 Å². The van der Waals surface area contributed by atoms with Crippen molar-refractivity contribution < 1.29 is 5.11 Å². The number of benzene rings is 1. The van der Waals surface area contributed by atoms with Gasteiger partial charge in [0.1, 0.15) is 5.75 Å². The summed E-state index contributed by atoms with van der Waals surface area (Å²) in [6.07, 6.45) is 4.53. The SMILES string of the molecule is CC(C)(C)CC(C)(C)CC(C)(C)c1ccc(O)c(C(C)(C)CC(C)(C)CC(C)(C)C)c1. The number of aromatic hydroxyl groups is 1. The van der Waals surface area contributed by atoms with Crippen LogP contribution in [-0.4, -0.2) is 5.11 Å². The fourth-order valence-corrected chi connectivity index (χ4v) is 7.09. The second-order valence-electron chi connectivity index (χ2n) is 15.7. The zero-order valence-corrected chi connectivity index (χ0v) is 23.5. The summed E-state index contributed by atoms with van der Waals surface area (Å²) in [5.74, 6) is 0.435. The van der Waals surface area contributed by atoms with Gasteiger partial charge in [0.2, 0.25) is 0 Å². The van der Waals surface area contributed by atoms with Crippen LogP contribution in [0.2, 0.25) is 0 Å². The molecule has 0 atom stereocenters. The van der Waals surface area contributed by atoms with Gasteiger partial charge in [-0.05, 0) is 75.4 Å². The Balaban J connectivity index is 3.25. The molecule has 0 fully saturated rings. The van der Waals surface area contributed by atoms with Crippen LogP contribution in [0.1, 0.15) is 134 Å². The molecule has 0 amide bonds. The van der Waals surface area contributed by atoms with Crippen LogP contribution in [-0.2, 0) is 10.8 Å². The van der Waals surface area contributed by atoms with E-state index in [4.69, 9.17) is 0 Å². The number of hydrogen-bond donors (Lipinski definition) is 1. The third-order valence-electron chi connectivity index (χ3n) is 6.37. The Labute approximate surface area is 195 Å². The monoisotopic (exact) mass is 430 g/mol. The van der Waals surface area contributed by atoms with E-state index < -0.39 is 0 Å². The average molecular weight is 431 g/mol. The standard InChI is InChI=1S/C30H54O/c1-25(2,3)18-27(7,8)20-29(11,12)22-15-16-24(31)23(17-22)30(13,14)21-28(9,10)19-26(4,5)6/h15-17,31H,18-21H2,1-14H3. The summed E-state index contributed by atoms with van der Waals surface area (Å²) < 4.78 is 0. The molecule has 1 nitrogen and oxygen atoms in total. The van der Waals surface area contributed by atoms with Crippen molar-refractivity contribution in [2.75, 3.05) is 0 Å². The minimum Gasteiger partial charge on any atom is -0.508 e. The molecule has 0 heterocycles. The van der Waals surface area contributed by atoms with E-state index in [1.807, 2.05) is 6.07 Å². The molecule has 0 aromatic heterocycles. The molecule has 0 aliphatic carbocycles. The third kappa shape index (κ3) is 9.19. The van der Waals surface area contributed by atoms with Crippen LogP contribution in [0.25, 0.3) is 0 Å². The molecule has 1 aromatic carbocycles. The van der Waals surface area contributed by atoms with Crippen molar-refractivity contribution in [1.82, 2.24) is 0 Å². The predicted octanol–water partition coefficient (Wildman–Crippen LogP) is 9.65. The number of phenols is 1. The van der Waals surface area contributed by atoms with E-state index in [9.17, 15) is 5.11 Å². The van der Waals surface area contributed by atoms with E-state index >= 15 is 0 Å². The maximum atomic E-state index is 10.9. The van der Waals surface area contributed by atoms with Gasteiger partial charge in [-0.2, -0.15) is 0 Å². The summed E-state index contributed by atoms with van der Waals surface area (Å²) >= 11 is 0. The highest BCUT2D eigenvalue weighted by molar-refractivity contribution is 5.43. The first-order valence-corrected chi connectivity index (χ1v) is 12.3. The first kappa shape index (κ1) is 28.1. The first-order chi connectivity index (χ1) is 13.4. The smallest absolute Gasteiger partial charge is 0.119 e. The number of phenolic OH excluding ortho intramolecular Hbond substituents is 1. The van der Waals surface area contributed by atoms with Crippen LogP contribution in [0, 0.1) is 21.7 Å². The molecule has 180 valence electrons. The van der Waals surface area contributed by atoms with Gasteiger partial charge in [0.15, 0.2) is 0 Å². The Kier molecular flexibility index (Phi) is 7.92. The van der Waals surface area contributed by atoms with Crippen molar-refractivity contribution >= 4 is 0 Å². The van der Waals surface area contributed by atoms with Crippen molar-refractivity contribution in [3.05, 3.63) is 29.3 Å². The molecule has 0 spiro atoms. The summed E-state index contributed by atoms with van der Waals surface area (Å²) in [6.45, 7) is 32.9. The molecular weight excluding hydrogens is 376 g/mol. The molecule has 0 saturated heterocycles. The van der Waals surface area contributed by atoms with E-state index in [0.29, 0.717) is 16.6 Å². The largest absolute Gasteiger partial charge is 0.508 e. The third-order valence-corrected chi connectivity index (χ3v) is 6.37. The highest BCUT2D eigenvalue weighted by atomic mass is 16.3. The highest BCUT2D eigenvalue weighted by Crippen LogP contribution is 2.47. The topological polar surface area (TPSA) is 20.2 Å². The lowest BCUT2D eigenvalue weighted by Crippen LogP contribution is -2.32. The molecule has 0 radical (unpaired) electrons. The lowest BCUT2D eigenvalue weighted by atomic mass is 9.64.